The van der Waals surface area contributed by atoms with E-state index in [1.165, 1.54) is 5.01 Å². The van der Waals surface area contributed by atoms with E-state index in [0.29, 0.717) is 33.9 Å². The summed E-state index contributed by atoms with van der Waals surface area (Å²) in [4.78, 5) is 25.0. The summed E-state index contributed by atoms with van der Waals surface area (Å²) in [6.45, 7) is 1.54. The summed E-state index contributed by atoms with van der Waals surface area (Å²) in [6.07, 6.45) is 0. The second-order valence-electron chi connectivity index (χ2n) is 5.61. The number of hydrazone groups is 1. The topological polar surface area (TPSA) is 59.0 Å². The van der Waals surface area contributed by atoms with Gasteiger partial charge in [-0.3, -0.25) is 9.59 Å². The van der Waals surface area contributed by atoms with Crippen molar-refractivity contribution in [3.05, 3.63) is 77.1 Å². The number of ketones is 1. The van der Waals surface area contributed by atoms with Crippen LogP contribution >= 0.6 is 0 Å². The van der Waals surface area contributed by atoms with Crippen molar-refractivity contribution in [3.8, 4) is 0 Å². The van der Waals surface area contributed by atoms with Crippen molar-refractivity contribution in [3.63, 3.8) is 0 Å². The molecule has 0 radical (unpaired) electrons. The fourth-order valence-corrected chi connectivity index (χ4v) is 2.89. The number of para-hydroxylation sites is 1. The molecule has 2 aromatic rings. The number of Topliss-reactive ketones (excluding diaryl/α,β-unsaturated/α-hetero) is 1. The molecule has 0 unspecified atom stereocenters. The zero-order valence-electron chi connectivity index (χ0n) is 13.0. The van der Waals surface area contributed by atoms with Gasteiger partial charge in [-0.2, -0.15) is 10.1 Å². The zero-order valence-corrected chi connectivity index (χ0v) is 13.0. The van der Waals surface area contributed by atoms with Crippen LogP contribution in [0, 0.1) is 0 Å². The molecule has 1 aliphatic carbocycles. The smallest absolute Gasteiger partial charge is 0.285 e. The summed E-state index contributed by atoms with van der Waals surface area (Å²) < 4.78 is 5.65. The lowest BCUT2D eigenvalue weighted by molar-refractivity contribution is -0.121. The normalized spacial score (nSPS) is 16.9. The maximum atomic E-state index is 12.5. The van der Waals surface area contributed by atoms with E-state index < -0.39 is 0 Å². The first-order valence-corrected chi connectivity index (χ1v) is 7.61. The summed E-state index contributed by atoms with van der Waals surface area (Å²) >= 11 is 0. The van der Waals surface area contributed by atoms with Gasteiger partial charge >= 0.3 is 0 Å². The van der Waals surface area contributed by atoms with Gasteiger partial charge in [0.1, 0.15) is 5.71 Å². The molecular formula is C19H14N2O3. The first-order valence-electron chi connectivity index (χ1n) is 7.61. The number of rotatable bonds is 1. The fourth-order valence-electron chi connectivity index (χ4n) is 2.89. The molecule has 0 bridgehead atoms. The number of nitrogens with zero attached hydrogens (tertiary/aromatic N) is 2. The van der Waals surface area contributed by atoms with E-state index in [9.17, 15) is 9.59 Å². The van der Waals surface area contributed by atoms with E-state index in [0.717, 1.165) is 0 Å². The molecule has 0 N–H and O–H groups in total. The lowest BCUT2D eigenvalue weighted by Crippen LogP contribution is -2.28. The number of amides is 1. The molecule has 4 rings (SSSR count). The number of ether oxygens (including phenoxy) is 1. The van der Waals surface area contributed by atoms with Crippen molar-refractivity contribution in [1.29, 1.82) is 0 Å². The predicted octanol–water partition coefficient (Wildman–Crippen LogP) is 2.92. The lowest BCUT2D eigenvalue weighted by Gasteiger charge is -2.20. The molecule has 2 aromatic carbocycles. The molecule has 0 aromatic heterocycles. The Kier molecular flexibility index (Phi) is 3.27. The third kappa shape index (κ3) is 2.13. The lowest BCUT2D eigenvalue weighted by atomic mass is 9.88. The molecule has 0 saturated heterocycles. The number of allylic oxidation sites excluding steroid dienone is 2. The molecule has 5 nitrogen and oxygen atoms in total. The van der Waals surface area contributed by atoms with Gasteiger partial charge in [0, 0.05) is 16.7 Å². The largest absolute Gasteiger partial charge is 0.481 e. The van der Waals surface area contributed by atoms with Crippen LogP contribution < -0.4 is 5.01 Å². The quantitative estimate of drug-likeness (QED) is 0.812. The van der Waals surface area contributed by atoms with Crippen LogP contribution in [-0.4, -0.2) is 24.0 Å². The Morgan fingerprint density at radius 3 is 2.38 bits per heavy atom. The summed E-state index contributed by atoms with van der Waals surface area (Å²) in [5, 5.41) is 5.88. The van der Waals surface area contributed by atoms with Crippen LogP contribution in [-0.2, 0) is 9.53 Å². The highest BCUT2D eigenvalue weighted by Crippen LogP contribution is 2.30. The van der Waals surface area contributed by atoms with Gasteiger partial charge in [0.05, 0.1) is 5.69 Å². The van der Waals surface area contributed by atoms with Crippen LogP contribution in [0.15, 0.2) is 71.0 Å². The Morgan fingerprint density at radius 1 is 0.958 bits per heavy atom. The van der Waals surface area contributed by atoms with Gasteiger partial charge in [-0.05, 0) is 19.1 Å². The van der Waals surface area contributed by atoms with Gasteiger partial charge in [-0.1, -0.05) is 42.5 Å². The van der Waals surface area contributed by atoms with E-state index in [1.807, 2.05) is 48.5 Å². The van der Waals surface area contributed by atoms with E-state index in [1.54, 1.807) is 13.0 Å². The van der Waals surface area contributed by atoms with Gasteiger partial charge in [0.25, 0.3) is 5.91 Å². The molecule has 0 fully saturated rings. The summed E-state index contributed by atoms with van der Waals surface area (Å²) in [5.41, 5.74) is 2.89. The predicted molar refractivity (Wildman–Crippen MR) is 89.9 cm³/mol. The van der Waals surface area contributed by atoms with Crippen LogP contribution in [0.25, 0.3) is 0 Å². The average molecular weight is 318 g/mol. The molecule has 24 heavy (non-hydrogen) atoms. The van der Waals surface area contributed by atoms with Crippen LogP contribution in [0.3, 0.4) is 0 Å². The molecule has 0 spiro atoms. The second-order valence-corrected chi connectivity index (χ2v) is 5.61. The Balaban J connectivity index is 1.94. The van der Waals surface area contributed by atoms with Gasteiger partial charge in [-0.25, -0.2) is 0 Å². The fraction of sp³-hybridized carbons (Fsp3) is 0.105. The number of carbonyl (C=O) groups excluding carboxylic acids is 2. The summed E-state index contributed by atoms with van der Waals surface area (Å²) in [7, 11) is 0. The Labute approximate surface area is 138 Å². The third-order valence-electron chi connectivity index (χ3n) is 4.10. The van der Waals surface area contributed by atoms with E-state index in [-0.39, 0.29) is 18.3 Å². The van der Waals surface area contributed by atoms with Crippen molar-refractivity contribution >= 4 is 23.1 Å². The maximum absolute atomic E-state index is 12.5. The van der Waals surface area contributed by atoms with Gasteiger partial charge in [0.2, 0.25) is 0 Å². The highest BCUT2D eigenvalue weighted by molar-refractivity contribution is 6.28. The molecule has 2 aliphatic rings. The van der Waals surface area contributed by atoms with Crippen molar-refractivity contribution in [2.24, 2.45) is 5.10 Å². The highest BCUT2D eigenvalue weighted by atomic mass is 16.5. The number of fused-ring (bicyclic) bond motifs is 3. The third-order valence-corrected chi connectivity index (χ3v) is 4.10. The second kappa shape index (κ2) is 5.45. The van der Waals surface area contributed by atoms with Crippen molar-refractivity contribution in [1.82, 2.24) is 0 Å². The first kappa shape index (κ1) is 14.4. The minimum atomic E-state index is -0.284. The zero-order chi connectivity index (χ0) is 16.7. The molecular weight excluding hydrogens is 304 g/mol. The van der Waals surface area contributed by atoms with Crippen molar-refractivity contribution in [2.45, 2.75) is 6.92 Å². The minimum absolute atomic E-state index is 0.0971. The number of hydrogen-bond donors (Lipinski definition) is 0. The minimum Gasteiger partial charge on any atom is -0.481 e. The molecule has 1 aliphatic heterocycles. The SMILES string of the molecule is CC1=C2OCC(=O)N(c3ccccc3)N=C2c2ccccc2C1=O. The number of anilines is 1. The van der Waals surface area contributed by atoms with E-state index >= 15 is 0 Å². The Hall–Kier alpha value is -3.21. The molecule has 0 saturated carbocycles. The van der Waals surface area contributed by atoms with E-state index in [4.69, 9.17) is 4.74 Å². The summed E-state index contributed by atoms with van der Waals surface area (Å²) in [5.74, 6) is -0.000952. The van der Waals surface area contributed by atoms with Crippen LogP contribution in [0.2, 0.25) is 0 Å². The average Bonchev–Trinajstić information content (AvgIpc) is 2.80. The van der Waals surface area contributed by atoms with E-state index in [2.05, 4.69) is 5.10 Å². The molecule has 118 valence electrons. The van der Waals surface area contributed by atoms with Gasteiger partial charge in [0.15, 0.2) is 18.1 Å². The van der Waals surface area contributed by atoms with Crippen LogP contribution in [0.4, 0.5) is 5.69 Å². The molecule has 0 atom stereocenters. The van der Waals surface area contributed by atoms with Crippen molar-refractivity contribution < 1.29 is 14.3 Å². The number of hydrogen-bond acceptors (Lipinski definition) is 4. The number of benzene rings is 2. The van der Waals surface area contributed by atoms with Gasteiger partial charge in [-0.15, -0.1) is 0 Å². The maximum Gasteiger partial charge on any atom is 0.285 e. The number of carbonyl (C=O) groups is 2. The first-order chi connectivity index (χ1) is 11.7. The monoisotopic (exact) mass is 318 g/mol. The highest BCUT2D eigenvalue weighted by Gasteiger charge is 2.33. The van der Waals surface area contributed by atoms with Crippen LogP contribution in [0.1, 0.15) is 22.8 Å². The Bertz CT molecular complexity index is 913. The molecule has 5 heteroatoms. The van der Waals surface area contributed by atoms with Crippen molar-refractivity contribution in [2.75, 3.05) is 11.6 Å². The summed E-state index contributed by atoms with van der Waals surface area (Å²) in [6, 6.07) is 16.4. The standard InChI is InChI=1S/C19H14N2O3/c1-12-18(23)15-10-6-5-9-14(15)17-19(12)24-11-16(22)21(20-17)13-7-3-2-4-8-13/h2-10H,11H2,1H3. The van der Waals surface area contributed by atoms with Gasteiger partial charge < -0.3 is 4.74 Å². The molecule has 1 amide bonds. The Morgan fingerprint density at radius 2 is 1.62 bits per heavy atom. The van der Waals surface area contributed by atoms with Crippen LogP contribution in [0.5, 0.6) is 0 Å². The molecule has 1 heterocycles.